The molecular weight excluding hydrogens is 228 g/mol. The van der Waals surface area contributed by atoms with Crippen LogP contribution in [0.5, 0.6) is 0 Å². The zero-order valence-electron chi connectivity index (χ0n) is 8.08. The van der Waals surface area contributed by atoms with E-state index in [2.05, 4.69) is 0 Å². The van der Waals surface area contributed by atoms with Gasteiger partial charge in [0.1, 0.15) is 0 Å². The lowest BCUT2D eigenvalue weighted by Gasteiger charge is -2.34. The van der Waals surface area contributed by atoms with Gasteiger partial charge in [0, 0.05) is 13.1 Å². The van der Waals surface area contributed by atoms with Gasteiger partial charge in [-0.3, -0.25) is 0 Å². The molecule has 3 nitrogen and oxygen atoms in total. The summed E-state index contributed by atoms with van der Waals surface area (Å²) in [4.78, 5) is 0. The maximum Gasteiger partial charge on any atom is 0.487 e. The first-order chi connectivity index (χ1) is 6.61. The summed E-state index contributed by atoms with van der Waals surface area (Å²) in [5, 5.41) is -0.388. The Labute approximate surface area is 82.6 Å². The Kier molecular flexibility index (Phi) is 4.81. The van der Waals surface area contributed by atoms with E-state index in [9.17, 15) is 26.3 Å². The van der Waals surface area contributed by atoms with Gasteiger partial charge < -0.3 is 0 Å². The van der Waals surface area contributed by atoms with E-state index in [-0.39, 0.29) is 13.1 Å². The first kappa shape index (κ1) is 14.5. The number of hydrogen-bond acceptors (Lipinski definition) is 3. The SMILES string of the molecule is CCN(CC)N(NC(F)(F)F)C(F)(F)F. The molecule has 0 unspecified atom stereocenters. The third-order valence-electron chi connectivity index (χ3n) is 1.49. The summed E-state index contributed by atoms with van der Waals surface area (Å²) in [6.07, 6.45) is -10.3. The molecule has 0 spiro atoms. The number of halogens is 6. The van der Waals surface area contributed by atoms with Crippen molar-refractivity contribution in [3.8, 4) is 0 Å². The Morgan fingerprint density at radius 2 is 1.33 bits per heavy atom. The zero-order valence-corrected chi connectivity index (χ0v) is 8.08. The van der Waals surface area contributed by atoms with Crippen molar-refractivity contribution in [2.45, 2.75) is 26.4 Å². The van der Waals surface area contributed by atoms with Gasteiger partial charge in [0.05, 0.1) is 0 Å². The summed E-state index contributed by atoms with van der Waals surface area (Å²) in [5.41, 5.74) is 0.432. The molecule has 0 aromatic carbocycles. The quantitative estimate of drug-likeness (QED) is 0.460. The molecule has 0 saturated heterocycles. The Balaban J connectivity index is 4.74. The third kappa shape index (κ3) is 5.19. The number of nitrogens with one attached hydrogen (secondary N) is 1. The van der Waals surface area contributed by atoms with Crippen LogP contribution in [0.4, 0.5) is 26.3 Å². The highest BCUT2D eigenvalue weighted by Gasteiger charge is 2.46. The minimum absolute atomic E-state index is 0.195. The fourth-order valence-electron chi connectivity index (χ4n) is 0.921. The van der Waals surface area contributed by atoms with Crippen LogP contribution in [0, 0.1) is 0 Å². The first-order valence-corrected chi connectivity index (χ1v) is 4.08. The van der Waals surface area contributed by atoms with E-state index < -0.39 is 17.7 Å². The fraction of sp³-hybridized carbons (Fsp3) is 1.00. The molecule has 0 saturated carbocycles. The van der Waals surface area contributed by atoms with Gasteiger partial charge in [-0.05, 0) is 0 Å². The Morgan fingerprint density at radius 1 is 0.933 bits per heavy atom. The van der Waals surface area contributed by atoms with Gasteiger partial charge in [0.15, 0.2) is 0 Å². The maximum atomic E-state index is 12.2. The van der Waals surface area contributed by atoms with Crippen molar-refractivity contribution in [3.63, 3.8) is 0 Å². The molecule has 0 radical (unpaired) electrons. The molecule has 15 heavy (non-hydrogen) atoms. The number of nitrogens with zero attached hydrogens (tertiary/aromatic N) is 2. The monoisotopic (exact) mass is 239 g/mol. The average Bonchev–Trinajstić information content (AvgIpc) is 2.01. The second-order valence-electron chi connectivity index (χ2n) is 2.53. The number of hydrogen-bond donors (Lipinski definition) is 1. The Hall–Kier alpha value is -0.540. The van der Waals surface area contributed by atoms with E-state index in [1.165, 1.54) is 13.8 Å². The summed E-state index contributed by atoms with van der Waals surface area (Å²) in [6.45, 7) is 2.25. The first-order valence-electron chi connectivity index (χ1n) is 4.08. The predicted octanol–water partition coefficient (Wildman–Crippen LogP) is 2.09. The molecule has 92 valence electrons. The van der Waals surface area contributed by atoms with Crippen LogP contribution >= 0.6 is 0 Å². The Bertz CT molecular complexity index is 184. The maximum absolute atomic E-state index is 12.2. The number of alkyl halides is 6. The van der Waals surface area contributed by atoms with Crippen LogP contribution in [0.1, 0.15) is 13.8 Å². The second kappa shape index (κ2) is 4.99. The Morgan fingerprint density at radius 3 is 1.53 bits per heavy atom. The van der Waals surface area contributed by atoms with Crippen LogP contribution in [-0.2, 0) is 0 Å². The van der Waals surface area contributed by atoms with Crippen molar-refractivity contribution in [2.24, 2.45) is 0 Å². The highest BCUT2D eigenvalue weighted by Crippen LogP contribution is 2.24. The highest BCUT2D eigenvalue weighted by atomic mass is 19.4. The van der Waals surface area contributed by atoms with Crippen molar-refractivity contribution in [3.05, 3.63) is 0 Å². The summed E-state index contributed by atoms with van der Waals surface area (Å²) in [6, 6.07) is 0. The van der Waals surface area contributed by atoms with Crippen LogP contribution in [-0.4, -0.2) is 35.8 Å². The topological polar surface area (TPSA) is 18.5 Å². The van der Waals surface area contributed by atoms with E-state index in [1.807, 2.05) is 0 Å². The molecule has 0 fully saturated rings. The molecule has 0 atom stereocenters. The van der Waals surface area contributed by atoms with Crippen LogP contribution in [0.15, 0.2) is 0 Å². The predicted molar refractivity (Wildman–Crippen MR) is 40.0 cm³/mol. The molecule has 0 amide bonds. The third-order valence-corrected chi connectivity index (χ3v) is 1.49. The van der Waals surface area contributed by atoms with E-state index in [1.54, 1.807) is 0 Å². The van der Waals surface area contributed by atoms with Gasteiger partial charge >= 0.3 is 12.6 Å². The lowest BCUT2D eigenvalue weighted by Crippen LogP contribution is -2.61. The van der Waals surface area contributed by atoms with Crippen molar-refractivity contribution in [2.75, 3.05) is 13.1 Å². The molecule has 0 aliphatic carbocycles. The van der Waals surface area contributed by atoms with Gasteiger partial charge in [0.25, 0.3) is 0 Å². The average molecular weight is 239 g/mol. The second-order valence-corrected chi connectivity index (χ2v) is 2.53. The molecule has 0 aromatic heterocycles. The summed E-state index contributed by atoms with van der Waals surface area (Å²) >= 11 is 0. The highest BCUT2D eigenvalue weighted by molar-refractivity contribution is 4.55. The van der Waals surface area contributed by atoms with Gasteiger partial charge in [-0.2, -0.15) is 26.3 Å². The number of rotatable bonds is 4. The zero-order chi connectivity index (χ0) is 12.3. The molecule has 0 heterocycles. The van der Waals surface area contributed by atoms with E-state index in [0.29, 0.717) is 10.4 Å². The van der Waals surface area contributed by atoms with Crippen molar-refractivity contribution < 1.29 is 26.3 Å². The molecule has 0 aliphatic heterocycles. The molecule has 0 aromatic rings. The van der Waals surface area contributed by atoms with Crippen LogP contribution in [0.2, 0.25) is 0 Å². The summed E-state index contributed by atoms with van der Waals surface area (Å²) in [5.74, 6) is 0. The van der Waals surface area contributed by atoms with Crippen LogP contribution < -0.4 is 5.43 Å². The van der Waals surface area contributed by atoms with Gasteiger partial charge in [-0.15, -0.1) is 5.43 Å². The van der Waals surface area contributed by atoms with Crippen molar-refractivity contribution in [1.82, 2.24) is 15.6 Å². The molecule has 0 aliphatic rings. The fourth-order valence-corrected chi connectivity index (χ4v) is 0.921. The normalized spacial score (nSPS) is 14.0. The van der Waals surface area contributed by atoms with Gasteiger partial charge in [-0.25, -0.2) is 5.01 Å². The van der Waals surface area contributed by atoms with E-state index in [4.69, 9.17) is 0 Å². The molecule has 1 N–H and O–H groups in total. The van der Waals surface area contributed by atoms with Gasteiger partial charge in [0.2, 0.25) is 0 Å². The molecule has 0 rings (SSSR count). The summed E-state index contributed by atoms with van der Waals surface area (Å²) < 4.78 is 72.0. The standard InChI is InChI=1S/C6H11F6N3/c1-3-14(4-2)15(6(10,11)12)13-5(7,8)9/h13H,3-4H2,1-2H3. The smallest absolute Gasteiger partial charge is 0.221 e. The van der Waals surface area contributed by atoms with Crippen LogP contribution in [0.3, 0.4) is 0 Å². The van der Waals surface area contributed by atoms with Crippen molar-refractivity contribution in [1.29, 1.82) is 0 Å². The lowest BCUT2D eigenvalue weighted by atomic mass is 10.6. The summed E-state index contributed by atoms with van der Waals surface area (Å²) in [7, 11) is 0. The molecular formula is C6H11F6N3. The minimum atomic E-state index is -5.13. The lowest BCUT2D eigenvalue weighted by molar-refractivity contribution is -0.372. The largest absolute Gasteiger partial charge is 0.487 e. The molecule has 0 bridgehead atoms. The number of hydrazine groups is 2. The van der Waals surface area contributed by atoms with Crippen LogP contribution in [0.25, 0.3) is 0 Å². The van der Waals surface area contributed by atoms with Crippen molar-refractivity contribution >= 4 is 0 Å². The van der Waals surface area contributed by atoms with E-state index in [0.717, 1.165) is 0 Å². The van der Waals surface area contributed by atoms with Gasteiger partial charge in [-0.1, -0.05) is 19.0 Å². The molecule has 9 heteroatoms. The van der Waals surface area contributed by atoms with E-state index >= 15 is 0 Å². The minimum Gasteiger partial charge on any atom is -0.221 e.